The third-order valence-corrected chi connectivity index (χ3v) is 5.06. The largest absolute Gasteiger partial charge is 0.416 e. The van der Waals surface area contributed by atoms with Crippen molar-refractivity contribution in [1.29, 1.82) is 0 Å². The molecule has 0 unspecified atom stereocenters. The summed E-state index contributed by atoms with van der Waals surface area (Å²) in [6, 6.07) is 21.7. The molecule has 0 aliphatic heterocycles. The topological polar surface area (TPSA) is 42.0 Å². The normalized spacial score (nSPS) is 11.5. The number of hydrogen-bond donors (Lipinski definition) is 1. The van der Waals surface area contributed by atoms with Crippen LogP contribution in [0, 0.1) is 0 Å². The number of pyridine rings is 1. The molecule has 1 heterocycles. The van der Waals surface area contributed by atoms with Crippen LogP contribution in [-0.4, -0.2) is 17.4 Å². The summed E-state index contributed by atoms with van der Waals surface area (Å²) in [5, 5.41) is 4.60. The number of rotatable bonds is 5. The fourth-order valence-electron chi connectivity index (χ4n) is 3.47. The van der Waals surface area contributed by atoms with E-state index >= 15 is 0 Å². The number of carbonyl (C=O) groups is 1. The maximum atomic E-state index is 12.8. The van der Waals surface area contributed by atoms with Crippen molar-refractivity contribution in [1.82, 2.24) is 10.3 Å². The van der Waals surface area contributed by atoms with Crippen LogP contribution in [-0.2, 0) is 12.6 Å². The van der Waals surface area contributed by atoms with E-state index in [0.717, 1.165) is 34.2 Å². The van der Waals surface area contributed by atoms with E-state index in [1.165, 1.54) is 12.1 Å². The number of nitrogens with zero attached hydrogens (tertiary/aromatic N) is 1. The highest BCUT2D eigenvalue weighted by Gasteiger charge is 2.30. The van der Waals surface area contributed by atoms with E-state index in [4.69, 9.17) is 0 Å². The van der Waals surface area contributed by atoms with Gasteiger partial charge in [0, 0.05) is 30.4 Å². The maximum absolute atomic E-state index is 12.8. The number of benzene rings is 3. The van der Waals surface area contributed by atoms with Crippen molar-refractivity contribution < 1.29 is 18.0 Å². The molecule has 0 radical (unpaired) electrons. The summed E-state index contributed by atoms with van der Waals surface area (Å²) in [6.45, 7) is 0.472. The Labute approximate surface area is 177 Å². The average Bonchev–Trinajstić information content (AvgIpc) is 2.78. The molecule has 0 fully saturated rings. The van der Waals surface area contributed by atoms with Gasteiger partial charge in [0.1, 0.15) is 0 Å². The number of alkyl halides is 3. The minimum absolute atomic E-state index is 0.183. The smallest absolute Gasteiger partial charge is 0.352 e. The highest BCUT2D eigenvalue weighted by Crippen LogP contribution is 2.33. The monoisotopic (exact) mass is 420 g/mol. The van der Waals surface area contributed by atoms with E-state index in [2.05, 4.69) is 10.3 Å². The van der Waals surface area contributed by atoms with Crippen LogP contribution in [0.2, 0.25) is 0 Å². The zero-order chi connectivity index (χ0) is 21.8. The van der Waals surface area contributed by atoms with Crippen molar-refractivity contribution >= 4 is 16.7 Å². The molecular formula is C25H19F3N2O. The van der Waals surface area contributed by atoms with Gasteiger partial charge in [0.15, 0.2) is 0 Å². The molecule has 1 amide bonds. The molecule has 3 nitrogen and oxygen atoms in total. The Morgan fingerprint density at radius 2 is 1.71 bits per heavy atom. The molecule has 31 heavy (non-hydrogen) atoms. The number of halogens is 3. The lowest BCUT2D eigenvalue weighted by Gasteiger charge is -2.11. The lowest BCUT2D eigenvalue weighted by molar-refractivity contribution is -0.137. The van der Waals surface area contributed by atoms with Gasteiger partial charge in [-0.1, -0.05) is 42.5 Å². The second kappa shape index (κ2) is 8.60. The Balaban J connectivity index is 1.53. The minimum atomic E-state index is -4.36. The van der Waals surface area contributed by atoms with Gasteiger partial charge in [-0.25, -0.2) is 0 Å². The summed E-state index contributed by atoms with van der Waals surface area (Å²) in [7, 11) is 0. The van der Waals surface area contributed by atoms with Gasteiger partial charge < -0.3 is 5.32 Å². The number of fused-ring (bicyclic) bond motifs is 1. The third-order valence-electron chi connectivity index (χ3n) is 5.06. The molecule has 6 heteroatoms. The molecule has 4 rings (SSSR count). The molecule has 0 saturated heterocycles. The summed E-state index contributed by atoms with van der Waals surface area (Å²) < 4.78 is 38.5. The van der Waals surface area contributed by atoms with Gasteiger partial charge in [-0.15, -0.1) is 0 Å². The van der Waals surface area contributed by atoms with Gasteiger partial charge in [0.25, 0.3) is 5.91 Å². The van der Waals surface area contributed by atoms with Gasteiger partial charge in [0.2, 0.25) is 0 Å². The Kier molecular flexibility index (Phi) is 5.71. The van der Waals surface area contributed by atoms with Gasteiger partial charge in [-0.05, 0) is 58.3 Å². The number of amides is 1. The van der Waals surface area contributed by atoms with Gasteiger partial charge >= 0.3 is 6.18 Å². The number of aromatic nitrogens is 1. The van der Waals surface area contributed by atoms with E-state index < -0.39 is 11.7 Å². The maximum Gasteiger partial charge on any atom is 0.416 e. The predicted octanol–water partition coefficient (Wildman–Crippen LogP) is 5.89. The van der Waals surface area contributed by atoms with Gasteiger partial charge in [-0.3, -0.25) is 9.78 Å². The summed E-state index contributed by atoms with van der Waals surface area (Å²) in [6.07, 6.45) is -2.01. The van der Waals surface area contributed by atoms with Crippen LogP contribution < -0.4 is 5.32 Å². The zero-order valence-corrected chi connectivity index (χ0v) is 16.5. The highest BCUT2D eigenvalue weighted by molar-refractivity contribution is 6.02. The molecule has 3 aromatic carbocycles. The van der Waals surface area contributed by atoms with E-state index in [0.29, 0.717) is 24.1 Å². The lowest BCUT2D eigenvalue weighted by Crippen LogP contribution is -2.25. The Morgan fingerprint density at radius 1 is 0.903 bits per heavy atom. The Hall–Kier alpha value is -3.67. The van der Waals surface area contributed by atoms with Crippen molar-refractivity contribution in [3.8, 4) is 11.1 Å². The van der Waals surface area contributed by atoms with Crippen molar-refractivity contribution in [3.63, 3.8) is 0 Å². The summed E-state index contributed by atoms with van der Waals surface area (Å²) in [5.41, 5.74) is 2.25. The van der Waals surface area contributed by atoms with Crippen LogP contribution in [0.1, 0.15) is 21.6 Å². The van der Waals surface area contributed by atoms with Crippen LogP contribution in [0.4, 0.5) is 13.2 Å². The Morgan fingerprint density at radius 3 is 2.42 bits per heavy atom. The first-order chi connectivity index (χ1) is 14.9. The molecule has 0 saturated carbocycles. The van der Waals surface area contributed by atoms with Crippen LogP contribution in [0.15, 0.2) is 85.1 Å². The van der Waals surface area contributed by atoms with E-state index in [1.807, 2.05) is 42.5 Å². The molecule has 0 aliphatic rings. The molecule has 1 N–H and O–H groups in total. The SMILES string of the molecule is O=C(NCCc1ccccn1)c1ccc2c(-c3ccc(C(F)(F)F)cc3)cccc2c1. The number of nitrogens with one attached hydrogen (secondary N) is 1. The first-order valence-corrected chi connectivity index (χ1v) is 9.80. The van der Waals surface area contributed by atoms with Crippen molar-refractivity contribution in [2.24, 2.45) is 0 Å². The summed E-state index contributed by atoms with van der Waals surface area (Å²) >= 11 is 0. The molecule has 0 bridgehead atoms. The van der Waals surface area contributed by atoms with Gasteiger partial charge in [-0.2, -0.15) is 13.2 Å². The molecule has 0 spiro atoms. The van der Waals surface area contributed by atoms with Gasteiger partial charge in [0.05, 0.1) is 5.56 Å². The molecule has 0 atom stereocenters. The number of carbonyl (C=O) groups excluding carboxylic acids is 1. The standard InChI is InChI=1S/C25H19F3N2O/c26-25(27,28)20-10-7-17(8-11-20)22-6-3-4-18-16-19(9-12-23(18)22)24(31)30-15-13-21-5-1-2-14-29-21/h1-12,14,16H,13,15H2,(H,30,31). The first kappa shape index (κ1) is 20.6. The highest BCUT2D eigenvalue weighted by atomic mass is 19.4. The van der Waals surface area contributed by atoms with E-state index in [-0.39, 0.29) is 5.91 Å². The molecule has 1 aromatic heterocycles. The zero-order valence-electron chi connectivity index (χ0n) is 16.5. The van der Waals surface area contributed by atoms with Crippen LogP contribution in [0.25, 0.3) is 21.9 Å². The predicted molar refractivity (Wildman–Crippen MR) is 115 cm³/mol. The molecular weight excluding hydrogens is 401 g/mol. The second-order valence-electron chi connectivity index (χ2n) is 7.14. The van der Waals surface area contributed by atoms with Crippen molar-refractivity contribution in [2.45, 2.75) is 12.6 Å². The third kappa shape index (κ3) is 4.74. The fourth-order valence-corrected chi connectivity index (χ4v) is 3.47. The lowest BCUT2D eigenvalue weighted by atomic mass is 9.96. The van der Waals surface area contributed by atoms with E-state index in [9.17, 15) is 18.0 Å². The molecule has 156 valence electrons. The van der Waals surface area contributed by atoms with Crippen LogP contribution >= 0.6 is 0 Å². The number of hydrogen-bond acceptors (Lipinski definition) is 2. The summed E-state index contributed by atoms with van der Waals surface area (Å²) in [5.74, 6) is -0.183. The Bertz CT molecular complexity index is 1200. The van der Waals surface area contributed by atoms with Crippen molar-refractivity contribution in [2.75, 3.05) is 6.54 Å². The average molecular weight is 420 g/mol. The van der Waals surface area contributed by atoms with Crippen LogP contribution in [0.5, 0.6) is 0 Å². The minimum Gasteiger partial charge on any atom is -0.352 e. The first-order valence-electron chi connectivity index (χ1n) is 9.80. The van der Waals surface area contributed by atoms with Crippen LogP contribution in [0.3, 0.4) is 0 Å². The molecule has 0 aliphatic carbocycles. The fraction of sp³-hybridized carbons (Fsp3) is 0.120. The summed E-state index contributed by atoms with van der Waals surface area (Å²) in [4.78, 5) is 16.8. The quantitative estimate of drug-likeness (QED) is 0.437. The second-order valence-corrected chi connectivity index (χ2v) is 7.14. The molecule has 4 aromatic rings. The van der Waals surface area contributed by atoms with E-state index in [1.54, 1.807) is 18.3 Å². The van der Waals surface area contributed by atoms with Crippen molar-refractivity contribution in [3.05, 3.63) is 102 Å².